The molecule has 0 saturated carbocycles. The van der Waals surface area contributed by atoms with Gasteiger partial charge in [-0.1, -0.05) is 0 Å². The second-order valence-corrected chi connectivity index (χ2v) is 5.41. The smallest absolute Gasteiger partial charge is 0.272 e. The van der Waals surface area contributed by atoms with E-state index in [1.807, 2.05) is 29.5 Å². The van der Waals surface area contributed by atoms with Gasteiger partial charge in [0.1, 0.15) is 18.3 Å². The minimum absolute atomic E-state index is 0.0577. The first-order valence-electron chi connectivity index (χ1n) is 7.37. The number of nitrogens with zero attached hydrogens (tertiary/aromatic N) is 6. The van der Waals surface area contributed by atoms with Gasteiger partial charge < -0.3 is 4.90 Å². The highest BCUT2D eigenvalue weighted by Crippen LogP contribution is 2.22. The topological polar surface area (TPSA) is 68.8 Å². The first-order chi connectivity index (χ1) is 10.2. The maximum absolute atomic E-state index is 12.7. The zero-order chi connectivity index (χ0) is 14.8. The summed E-state index contributed by atoms with van der Waals surface area (Å²) in [5, 5.41) is 8.55. The van der Waals surface area contributed by atoms with E-state index < -0.39 is 0 Å². The van der Waals surface area contributed by atoms with E-state index in [0.717, 1.165) is 25.1 Å². The third kappa shape index (κ3) is 2.68. The quantitative estimate of drug-likeness (QED) is 0.853. The maximum atomic E-state index is 12.7. The lowest BCUT2D eigenvalue weighted by atomic mass is 10.1. The van der Waals surface area contributed by atoms with Crippen LogP contribution in [0.3, 0.4) is 0 Å². The molecule has 7 nitrogen and oxygen atoms in total. The van der Waals surface area contributed by atoms with Gasteiger partial charge in [0, 0.05) is 19.6 Å². The Bertz CT molecular complexity index is 617. The minimum Gasteiger partial charge on any atom is -0.335 e. The Morgan fingerprint density at radius 3 is 3.05 bits per heavy atom. The van der Waals surface area contributed by atoms with Crippen molar-refractivity contribution >= 4 is 5.91 Å². The average molecular weight is 288 g/mol. The SMILES string of the molecule is CCn1nc(C)cc1C(=O)N1CCC[C@@H](n2cncn2)C1. The Morgan fingerprint density at radius 2 is 2.33 bits per heavy atom. The van der Waals surface area contributed by atoms with Crippen molar-refractivity contribution in [2.45, 2.75) is 39.3 Å². The molecule has 21 heavy (non-hydrogen) atoms. The number of rotatable bonds is 3. The van der Waals surface area contributed by atoms with Crippen molar-refractivity contribution in [1.29, 1.82) is 0 Å². The van der Waals surface area contributed by atoms with Gasteiger partial charge in [0.2, 0.25) is 0 Å². The summed E-state index contributed by atoms with van der Waals surface area (Å²) >= 11 is 0. The summed E-state index contributed by atoms with van der Waals surface area (Å²) in [4.78, 5) is 18.6. The molecule has 1 atom stereocenters. The maximum Gasteiger partial charge on any atom is 0.272 e. The molecule has 112 valence electrons. The van der Waals surface area contributed by atoms with Crippen molar-refractivity contribution in [3.63, 3.8) is 0 Å². The first-order valence-corrected chi connectivity index (χ1v) is 7.37. The molecule has 0 radical (unpaired) electrons. The van der Waals surface area contributed by atoms with Gasteiger partial charge in [0.25, 0.3) is 5.91 Å². The highest BCUT2D eigenvalue weighted by molar-refractivity contribution is 5.92. The van der Waals surface area contributed by atoms with Crippen LogP contribution in [0.4, 0.5) is 0 Å². The number of hydrogen-bond acceptors (Lipinski definition) is 4. The molecule has 1 fully saturated rings. The van der Waals surface area contributed by atoms with Gasteiger partial charge in [-0.3, -0.25) is 9.48 Å². The van der Waals surface area contributed by atoms with Gasteiger partial charge >= 0.3 is 0 Å². The molecule has 1 saturated heterocycles. The van der Waals surface area contributed by atoms with Gasteiger partial charge in [0.15, 0.2) is 0 Å². The zero-order valence-electron chi connectivity index (χ0n) is 12.4. The van der Waals surface area contributed by atoms with E-state index in [4.69, 9.17) is 0 Å². The van der Waals surface area contributed by atoms with Crippen LogP contribution in [-0.4, -0.2) is 48.4 Å². The Balaban J connectivity index is 1.78. The zero-order valence-corrected chi connectivity index (χ0v) is 12.4. The number of carbonyl (C=O) groups excluding carboxylic acids is 1. The predicted octanol–water partition coefficient (Wildman–Crippen LogP) is 1.28. The third-order valence-corrected chi connectivity index (χ3v) is 3.92. The van der Waals surface area contributed by atoms with E-state index in [1.54, 1.807) is 11.0 Å². The van der Waals surface area contributed by atoms with E-state index >= 15 is 0 Å². The second kappa shape index (κ2) is 5.67. The average Bonchev–Trinajstić information content (AvgIpc) is 3.15. The fraction of sp³-hybridized carbons (Fsp3) is 0.571. The van der Waals surface area contributed by atoms with Crippen LogP contribution in [0.15, 0.2) is 18.7 Å². The van der Waals surface area contributed by atoms with Crippen LogP contribution < -0.4 is 0 Å². The lowest BCUT2D eigenvalue weighted by Crippen LogP contribution is -2.41. The largest absolute Gasteiger partial charge is 0.335 e. The molecule has 0 aromatic carbocycles. The summed E-state index contributed by atoms with van der Waals surface area (Å²) < 4.78 is 3.62. The molecule has 1 amide bonds. The van der Waals surface area contributed by atoms with Crippen LogP contribution in [0.1, 0.15) is 42.0 Å². The second-order valence-electron chi connectivity index (χ2n) is 5.41. The molecule has 3 rings (SSSR count). The molecular weight excluding hydrogens is 268 g/mol. The van der Waals surface area contributed by atoms with E-state index in [2.05, 4.69) is 15.2 Å². The van der Waals surface area contributed by atoms with E-state index in [9.17, 15) is 4.79 Å². The van der Waals surface area contributed by atoms with Crippen molar-refractivity contribution in [3.8, 4) is 0 Å². The number of amides is 1. The molecule has 1 aliphatic rings. The lowest BCUT2D eigenvalue weighted by molar-refractivity contribution is 0.0660. The number of aryl methyl sites for hydroxylation is 2. The van der Waals surface area contributed by atoms with Gasteiger partial charge in [-0.25, -0.2) is 9.67 Å². The van der Waals surface area contributed by atoms with Crippen molar-refractivity contribution in [1.82, 2.24) is 29.4 Å². The molecule has 1 aliphatic heterocycles. The fourth-order valence-corrected chi connectivity index (χ4v) is 2.88. The highest BCUT2D eigenvalue weighted by Gasteiger charge is 2.27. The summed E-state index contributed by atoms with van der Waals surface area (Å²) in [5.41, 5.74) is 1.55. The van der Waals surface area contributed by atoms with Crippen LogP contribution >= 0.6 is 0 Å². The van der Waals surface area contributed by atoms with E-state index in [0.29, 0.717) is 18.8 Å². The van der Waals surface area contributed by atoms with Crippen LogP contribution in [-0.2, 0) is 6.54 Å². The van der Waals surface area contributed by atoms with Crippen LogP contribution in [0, 0.1) is 6.92 Å². The van der Waals surface area contributed by atoms with Crippen molar-refractivity contribution < 1.29 is 4.79 Å². The molecule has 0 aliphatic carbocycles. The minimum atomic E-state index is 0.0577. The van der Waals surface area contributed by atoms with Gasteiger partial charge in [-0.2, -0.15) is 10.2 Å². The fourth-order valence-electron chi connectivity index (χ4n) is 2.88. The first kappa shape index (κ1) is 13.8. The van der Waals surface area contributed by atoms with Crippen molar-refractivity contribution in [3.05, 3.63) is 30.1 Å². The number of hydrogen-bond donors (Lipinski definition) is 0. The summed E-state index contributed by atoms with van der Waals surface area (Å²) in [6, 6.07) is 2.08. The van der Waals surface area contributed by atoms with E-state index in [-0.39, 0.29) is 11.9 Å². The number of carbonyl (C=O) groups is 1. The summed E-state index contributed by atoms with van der Waals surface area (Å²) in [6.45, 7) is 6.08. The summed E-state index contributed by atoms with van der Waals surface area (Å²) in [6.07, 6.45) is 5.27. The number of aromatic nitrogens is 5. The van der Waals surface area contributed by atoms with Crippen LogP contribution in [0.5, 0.6) is 0 Å². The molecule has 0 N–H and O–H groups in total. The monoisotopic (exact) mass is 288 g/mol. The Hall–Kier alpha value is -2.18. The molecule has 0 bridgehead atoms. The highest BCUT2D eigenvalue weighted by atomic mass is 16.2. The summed E-state index contributed by atoms with van der Waals surface area (Å²) in [7, 11) is 0. The predicted molar refractivity (Wildman–Crippen MR) is 76.8 cm³/mol. The number of likely N-dealkylation sites (tertiary alicyclic amines) is 1. The molecule has 2 aromatic rings. The molecule has 0 unspecified atom stereocenters. The summed E-state index contributed by atoms with van der Waals surface area (Å²) in [5.74, 6) is 0.0577. The normalized spacial score (nSPS) is 19.0. The van der Waals surface area contributed by atoms with Gasteiger partial charge in [-0.15, -0.1) is 0 Å². The number of piperidine rings is 1. The molecule has 2 aromatic heterocycles. The lowest BCUT2D eigenvalue weighted by Gasteiger charge is -2.32. The Kier molecular flexibility index (Phi) is 3.72. The Morgan fingerprint density at radius 1 is 1.48 bits per heavy atom. The van der Waals surface area contributed by atoms with Gasteiger partial charge in [0.05, 0.1) is 11.7 Å². The van der Waals surface area contributed by atoms with E-state index in [1.165, 1.54) is 6.33 Å². The third-order valence-electron chi connectivity index (χ3n) is 3.92. The van der Waals surface area contributed by atoms with Crippen LogP contribution in [0.2, 0.25) is 0 Å². The Labute approximate surface area is 123 Å². The molecule has 3 heterocycles. The molecular formula is C14H20N6O. The van der Waals surface area contributed by atoms with Crippen molar-refractivity contribution in [2.75, 3.05) is 13.1 Å². The van der Waals surface area contributed by atoms with Gasteiger partial charge in [-0.05, 0) is 32.8 Å². The molecule has 7 heteroatoms. The standard InChI is InChI=1S/C14H20N6O/c1-3-19-13(7-11(2)17-19)14(21)18-6-4-5-12(8-18)20-10-15-9-16-20/h7,9-10,12H,3-6,8H2,1-2H3/t12-/m1/s1. The van der Waals surface area contributed by atoms with Crippen LogP contribution in [0.25, 0.3) is 0 Å². The molecule has 0 spiro atoms. The van der Waals surface area contributed by atoms with Crippen molar-refractivity contribution in [2.24, 2.45) is 0 Å².